The summed E-state index contributed by atoms with van der Waals surface area (Å²) in [5, 5.41) is 4.86. The highest BCUT2D eigenvalue weighted by Crippen LogP contribution is 2.38. The van der Waals surface area contributed by atoms with Gasteiger partial charge < -0.3 is 9.13 Å². The van der Waals surface area contributed by atoms with Crippen molar-refractivity contribution >= 4 is 43.6 Å². The third kappa shape index (κ3) is 5.27. The number of nitrogens with zero attached hydrogens (tertiary/aromatic N) is 6. The summed E-state index contributed by atoms with van der Waals surface area (Å²) in [6.07, 6.45) is 3.34. The van der Waals surface area contributed by atoms with Gasteiger partial charge in [0.1, 0.15) is 6.33 Å². The van der Waals surface area contributed by atoms with Crippen molar-refractivity contribution in [1.29, 1.82) is 0 Å². The largest absolute Gasteiger partial charge is 0.309 e. The minimum atomic E-state index is 0.665. The lowest BCUT2D eigenvalue weighted by atomic mass is 10.0. The molecule has 0 saturated heterocycles. The summed E-state index contributed by atoms with van der Waals surface area (Å²) in [5.41, 5.74) is 13.2. The number of benzene rings is 7. The first-order valence-corrected chi connectivity index (χ1v) is 18.7. The summed E-state index contributed by atoms with van der Waals surface area (Å²) in [4.78, 5) is 19.0. The van der Waals surface area contributed by atoms with Crippen LogP contribution in [0.1, 0.15) is 0 Å². The van der Waals surface area contributed by atoms with E-state index in [2.05, 4.69) is 177 Å². The van der Waals surface area contributed by atoms with Gasteiger partial charge in [-0.3, -0.25) is 0 Å². The molecule has 0 radical (unpaired) electrons. The molecule has 0 bridgehead atoms. The van der Waals surface area contributed by atoms with Crippen LogP contribution in [0.25, 0.3) is 100 Å². The topological polar surface area (TPSA) is 61.4 Å². The van der Waals surface area contributed by atoms with Gasteiger partial charge in [-0.15, -0.1) is 0 Å². The molecule has 7 aromatic carbocycles. The smallest absolute Gasteiger partial charge is 0.160 e. The molecule has 0 aliphatic carbocycles. The Morgan fingerprint density at radius 2 is 0.786 bits per heavy atom. The zero-order valence-corrected chi connectivity index (χ0v) is 30.2. The van der Waals surface area contributed by atoms with E-state index in [9.17, 15) is 0 Å². The molecule has 0 saturated carbocycles. The van der Waals surface area contributed by atoms with Crippen LogP contribution in [0.4, 0.5) is 0 Å². The van der Waals surface area contributed by atoms with Crippen LogP contribution in [-0.2, 0) is 0 Å². The fraction of sp³-hybridized carbons (Fsp3) is 0. The Labute approximate surface area is 322 Å². The summed E-state index contributed by atoms with van der Waals surface area (Å²) in [7, 11) is 0. The van der Waals surface area contributed by atoms with Gasteiger partial charge in [0.25, 0.3) is 0 Å². The Kier molecular flexibility index (Phi) is 7.38. The number of aromatic nitrogens is 6. The molecule has 0 N–H and O–H groups in total. The molecule has 0 aliphatic heterocycles. The van der Waals surface area contributed by atoms with Crippen molar-refractivity contribution in [2.24, 2.45) is 0 Å². The maximum atomic E-state index is 5.31. The normalized spacial score (nSPS) is 11.6. The Balaban J connectivity index is 1.19. The first kappa shape index (κ1) is 31.8. The second-order valence-corrected chi connectivity index (χ2v) is 14.0. The minimum absolute atomic E-state index is 0.665. The van der Waals surface area contributed by atoms with Crippen LogP contribution in [0.2, 0.25) is 0 Å². The van der Waals surface area contributed by atoms with Crippen LogP contribution in [0.3, 0.4) is 0 Å². The molecule has 0 fully saturated rings. The highest BCUT2D eigenvalue weighted by Gasteiger charge is 2.19. The quantitative estimate of drug-likeness (QED) is 0.172. The van der Waals surface area contributed by atoms with E-state index in [1.807, 2.05) is 24.3 Å². The van der Waals surface area contributed by atoms with Gasteiger partial charge in [0.2, 0.25) is 0 Å². The molecule has 0 amide bonds. The average Bonchev–Trinajstić information content (AvgIpc) is 3.80. The second-order valence-electron chi connectivity index (χ2n) is 14.0. The van der Waals surface area contributed by atoms with E-state index in [0.29, 0.717) is 5.82 Å². The lowest BCUT2D eigenvalue weighted by Gasteiger charge is -2.16. The SMILES string of the molecule is c1ccc(-c2nc(-c3ccc(-c4ccncn4)cc3)cc(-c3cc(-n4c5ccccc5c5ccccc54)cc(-n4c5ccccc5c5ccccc54)c3)n2)cc1. The first-order chi connectivity index (χ1) is 27.8. The van der Waals surface area contributed by atoms with Crippen molar-refractivity contribution in [2.45, 2.75) is 0 Å². The molecule has 0 spiro atoms. The van der Waals surface area contributed by atoms with E-state index in [-0.39, 0.29) is 0 Å². The molecular weight excluding hydrogens is 685 g/mol. The van der Waals surface area contributed by atoms with Crippen molar-refractivity contribution in [1.82, 2.24) is 29.1 Å². The van der Waals surface area contributed by atoms with E-state index >= 15 is 0 Å². The Bertz CT molecular complexity index is 3000. The number of hydrogen-bond donors (Lipinski definition) is 0. The van der Waals surface area contributed by atoms with Crippen molar-refractivity contribution in [3.8, 4) is 56.5 Å². The van der Waals surface area contributed by atoms with Gasteiger partial charge in [-0.05, 0) is 54.6 Å². The molecule has 4 aromatic heterocycles. The summed E-state index contributed by atoms with van der Waals surface area (Å²) in [6, 6.07) is 64.2. The molecule has 0 unspecified atom stereocenters. The van der Waals surface area contributed by atoms with Crippen molar-refractivity contribution < 1.29 is 0 Å². The van der Waals surface area contributed by atoms with E-state index < -0.39 is 0 Å². The van der Waals surface area contributed by atoms with Gasteiger partial charge in [0.05, 0.1) is 39.1 Å². The summed E-state index contributed by atoms with van der Waals surface area (Å²) in [6.45, 7) is 0. The van der Waals surface area contributed by atoms with Gasteiger partial charge in [-0.2, -0.15) is 0 Å². The average molecular weight is 717 g/mol. The van der Waals surface area contributed by atoms with Crippen LogP contribution in [0.5, 0.6) is 0 Å². The predicted molar refractivity (Wildman–Crippen MR) is 228 cm³/mol. The molecule has 6 heteroatoms. The van der Waals surface area contributed by atoms with Gasteiger partial charge in [-0.25, -0.2) is 19.9 Å². The van der Waals surface area contributed by atoms with Gasteiger partial charge in [0, 0.05) is 61.4 Å². The fourth-order valence-electron chi connectivity index (χ4n) is 8.14. The third-order valence-electron chi connectivity index (χ3n) is 10.7. The molecule has 262 valence electrons. The molecule has 11 rings (SSSR count). The third-order valence-corrected chi connectivity index (χ3v) is 10.7. The number of fused-ring (bicyclic) bond motifs is 6. The molecular formula is C50H32N6. The van der Waals surface area contributed by atoms with Crippen LogP contribution in [0, 0.1) is 0 Å². The van der Waals surface area contributed by atoms with E-state index in [0.717, 1.165) is 72.8 Å². The standard InChI is InChI=1S/C50H32N6/c1-2-12-35(13-3-1)50-53-44(34-24-22-33(23-25-34)43-26-27-51-32-52-43)31-45(54-50)36-28-37(55-46-18-8-4-14-39(46)40-15-5-9-19-47(40)55)30-38(29-36)56-48-20-10-6-16-41(48)42-17-7-11-21-49(42)56/h1-32H. The van der Waals surface area contributed by atoms with Crippen LogP contribution >= 0.6 is 0 Å². The molecule has 0 atom stereocenters. The highest BCUT2D eigenvalue weighted by molar-refractivity contribution is 6.10. The predicted octanol–water partition coefficient (Wildman–Crippen LogP) is 12.1. The number of rotatable bonds is 6. The van der Waals surface area contributed by atoms with Gasteiger partial charge >= 0.3 is 0 Å². The highest BCUT2D eigenvalue weighted by atomic mass is 15.0. The van der Waals surface area contributed by atoms with Crippen molar-refractivity contribution in [3.63, 3.8) is 0 Å². The lowest BCUT2D eigenvalue weighted by Crippen LogP contribution is -2.01. The van der Waals surface area contributed by atoms with Gasteiger partial charge in [-0.1, -0.05) is 127 Å². The Morgan fingerprint density at radius 1 is 0.339 bits per heavy atom. The zero-order valence-electron chi connectivity index (χ0n) is 30.2. The van der Waals surface area contributed by atoms with Crippen LogP contribution < -0.4 is 0 Å². The minimum Gasteiger partial charge on any atom is -0.309 e. The van der Waals surface area contributed by atoms with Crippen molar-refractivity contribution in [2.75, 3.05) is 0 Å². The lowest BCUT2D eigenvalue weighted by molar-refractivity contribution is 1.13. The summed E-state index contributed by atoms with van der Waals surface area (Å²) in [5.74, 6) is 0.665. The molecule has 11 aromatic rings. The number of hydrogen-bond acceptors (Lipinski definition) is 4. The van der Waals surface area contributed by atoms with E-state index in [1.165, 1.54) is 21.5 Å². The maximum absolute atomic E-state index is 5.31. The summed E-state index contributed by atoms with van der Waals surface area (Å²) < 4.78 is 4.77. The Hall–Kier alpha value is -7.70. The molecule has 4 heterocycles. The second kappa shape index (κ2) is 13.0. The molecule has 0 aliphatic rings. The van der Waals surface area contributed by atoms with Crippen LogP contribution in [-0.4, -0.2) is 29.1 Å². The summed E-state index contributed by atoms with van der Waals surface area (Å²) >= 11 is 0. The maximum Gasteiger partial charge on any atom is 0.160 e. The van der Waals surface area contributed by atoms with Crippen LogP contribution in [0.15, 0.2) is 195 Å². The van der Waals surface area contributed by atoms with Crippen molar-refractivity contribution in [3.05, 3.63) is 195 Å². The van der Waals surface area contributed by atoms with E-state index in [1.54, 1.807) is 12.5 Å². The fourth-order valence-corrected chi connectivity index (χ4v) is 8.14. The first-order valence-electron chi connectivity index (χ1n) is 18.7. The number of para-hydroxylation sites is 4. The Morgan fingerprint density at radius 3 is 1.27 bits per heavy atom. The van der Waals surface area contributed by atoms with E-state index in [4.69, 9.17) is 9.97 Å². The monoisotopic (exact) mass is 716 g/mol. The zero-order chi connectivity index (χ0) is 37.0. The molecule has 6 nitrogen and oxygen atoms in total. The van der Waals surface area contributed by atoms with Gasteiger partial charge in [0.15, 0.2) is 5.82 Å². The molecule has 56 heavy (non-hydrogen) atoms.